The summed E-state index contributed by atoms with van der Waals surface area (Å²) >= 11 is 0. The number of hydrogen-bond donors (Lipinski definition) is 1. The predicted molar refractivity (Wildman–Crippen MR) is 101 cm³/mol. The molecule has 3 rings (SSSR count). The van der Waals surface area contributed by atoms with Gasteiger partial charge in [-0.15, -0.1) is 9.19 Å². The summed E-state index contributed by atoms with van der Waals surface area (Å²) < 4.78 is 31.3. The standard InChI is InChI=1S/C19H19N3O4S/c1-12-7-9-15(10-8-12)27(24,25)22-17(20)11-18(21-22)26-19(23)16-6-4-5-13(2)14(16)3/h4-11H,20H2,1-3H3. The highest BCUT2D eigenvalue weighted by atomic mass is 32.2. The van der Waals surface area contributed by atoms with Gasteiger partial charge in [0.2, 0.25) is 5.88 Å². The summed E-state index contributed by atoms with van der Waals surface area (Å²) in [5.41, 5.74) is 8.82. The largest absolute Gasteiger partial charge is 0.402 e. The van der Waals surface area contributed by atoms with Gasteiger partial charge in [-0.2, -0.15) is 8.42 Å². The monoisotopic (exact) mass is 385 g/mol. The molecule has 0 aliphatic heterocycles. The van der Waals surface area contributed by atoms with E-state index in [0.717, 1.165) is 16.7 Å². The fourth-order valence-electron chi connectivity index (χ4n) is 2.53. The summed E-state index contributed by atoms with van der Waals surface area (Å²) in [4.78, 5) is 12.4. The number of nitrogens with zero attached hydrogens (tertiary/aromatic N) is 2. The SMILES string of the molecule is Cc1ccc(S(=O)(=O)n2nc(OC(=O)c3cccc(C)c3C)cc2N)cc1. The predicted octanol–water partition coefficient (Wildman–Crippen LogP) is 2.85. The van der Waals surface area contributed by atoms with Gasteiger partial charge in [-0.3, -0.25) is 0 Å². The van der Waals surface area contributed by atoms with Crippen LogP contribution in [0.15, 0.2) is 53.4 Å². The van der Waals surface area contributed by atoms with Crippen LogP contribution in [0.2, 0.25) is 0 Å². The molecule has 0 amide bonds. The molecule has 0 fully saturated rings. The maximum Gasteiger partial charge on any atom is 0.345 e. The van der Waals surface area contributed by atoms with Crippen LogP contribution in [-0.2, 0) is 10.0 Å². The minimum atomic E-state index is -3.99. The smallest absolute Gasteiger partial charge is 0.345 e. The van der Waals surface area contributed by atoms with E-state index in [2.05, 4.69) is 5.10 Å². The van der Waals surface area contributed by atoms with Crippen LogP contribution < -0.4 is 10.5 Å². The van der Waals surface area contributed by atoms with Crippen LogP contribution in [0.5, 0.6) is 5.88 Å². The van der Waals surface area contributed by atoms with Crippen molar-refractivity contribution in [3.8, 4) is 5.88 Å². The molecule has 0 aliphatic rings. The number of hydrogen-bond acceptors (Lipinski definition) is 6. The van der Waals surface area contributed by atoms with E-state index in [4.69, 9.17) is 10.5 Å². The highest BCUT2D eigenvalue weighted by molar-refractivity contribution is 7.90. The number of rotatable bonds is 4. The third-order valence-corrected chi connectivity index (χ3v) is 5.87. The fourth-order valence-corrected chi connectivity index (χ4v) is 3.73. The van der Waals surface area contributed by atoms with E-state index in [1.807, 2.05) is 19.9 Å². The van der Waals surface area contributed by atoms with E-state index >= 15 is 0 Å². The van der Waals surface area contributed by atoms with Crippen molar-refractivity contribution in [2.75, 3.05) is 5.73 Å². The highest BCUT2D eigenvalue weighted by Gasteiger charge is 2.23. The molecule has 0 bridgehead atoms. The first-order valence-electron chi connectivity index (χ1n) is 8.16. The van der Waals surface area contributed by atoms with E-state index in [9.17, 15) is 13.2 Å². The lowest BCUT2D eigenvalue weighted by atomic mass is 10.0. The number of aryl methyl sites for hydroxylation is 2. The molecular weight excluding hydrogens is 366 g/mol. The van der Waals surface area contributed by atoms with Crippen molar-refractivity contribution in [1.29, 1.82) is 0 Å². The molecule has 1 aromatic heterocycles. The first kappa shape index (κ1) is 18.7. The minimum Gasteiger partial charge on any atom is -0.402 e. The van der Waals surface area contributed by atoms with Crippen molar-refractivity contribution >= 4 is 21.8 Å². The van der Waals surface area contributed by atoms with Crippen LogP contribution in [0.4, 0.5) is 5.82 Å². The Hall–Kier alpha value is -3.13. The van der Waals surface area contributed by atoms with Gasteiger partial charge in [-0.25, -0.2) is 4.79 Å². The molecule has 140 valence electrons. The van der Waals surface area contributed by atoms with E-state index in [-0.39, 0.29) is 16.6 Å². The van der Waals surface area contributed by atoms with Crippen LogP contribution in [0.3, 0.4) is 0 Å². The Morgan fingerprint density at radius 3 is 2.41 bits per heavy atom. The van der Waals surface area contributed by atoms with Gasteiger partial charge in [-0.1, -0.05) is 29.8 Å². The lowest BCUT2D eigenvalue weighted by Crippen LogP contribution is -2.17. The second-order valence-corrected chi connectivity index (χ2v) is 7.97. The molecule has 27 heavy (non-hydrogen) atoms. The number of carbonyl (C=O) groups excluding carboxylic acids is 1. The van der Waals surface area contributed by atoms with Crippen LogP contribution in [-0.4, -0.2) is 23.6 Å². The Kier molecular flexibility index (Phi) is 4.75. The number of ether oxygens (including phenoxy) is 1. The second kappa shape index (κ2) is 6.88. The van der Waals surface area contributed by atoms with Crippen molar-refractivity contribution in [1.82, 2.24) is 9.19 Å². The molecular formula is C19H19N3O4S. The van der Waals surface area contributed by atoms with Crippen molar-refractivity contribution in [2.45, 2.75) is 25.7 Å². The number of nitrogens with two attached hydrogens (primary N) is 1. The summed E-state index contributed by atoms with van der Waals surface area (Å²) in [6.45, 7) is 5.54. The van der Waals surface area contributed by atoms with Crippen molar-refractivity contribution in [3.05, 3.63) is 70.8 Å². The maximum absolute atomic E-state index is 12.7. The van der Waals surface area contributed by atoms with Gasteiger partial charge in [-0.05, 0) is 50.1 Å². The molecule has 7 nitrogen and oxygen atoms in total. The topological polar surface area (TPSA) is 104 Å². The molecule has 1 heterocycles. The molecule has 0 aliphatic carbocycles. The van der Waals surface area contributed by atoms with Gasteiger partial charge in [0.05, 0.1) is 10.5 Å². The molecule has 2 aromatic carbocycles. The average Bonchev–Trinajstić information content (AvgIpc) is 2.98. The molecule has 0 saturated carbocycles. The first-order valence-corrected chi connectivity index (χ1v) is 9.60. The summed E-state index contributed by atoms with van der Waals surface area (Å²) in [5, 5.41) is 3.86. The molecule has 0 atom stereocenters. The maximum atomic E-state index is 12.7. The number of anilines is 1. The minimum absolute atomic E-state index is 0.0373. The zero-order valence-electron chi connectivity index (χ0n) is 15.1. The Morgan fingerprint density at radius 1 is 1.07 bits per heavy atom. The molecule has 0 spiro atoms. The van der Waals surface area contributed by atoms with E-state index < -0.39 is 16.0 Å². The van der Waals surface area contributed by atoms with Crippen molar-refractivity contribution in [2.24, 2.45) is 0 Å². The van der Waals surface area contributed by atoms with Crippen LogP contribution in [0, 0.1) is 20.8 Å². The molecule has 0 unspecified atom stereocenters. The lowest BCUT2D eigenvalue weighted by molar-refractivity contribution is 0.0726. The van der Waals surface area contributed by atoms with E-state index in [0.29, 0.717) is 9.65 Å². The lowest BCUT2D eigenvalue weighted by Gasteiger charge is -2.07. The van der Waals surface area contributed by atoms with Crippen LogP contribution in [0.1, 0.15) is 27.0 Å². The third kappa shape index (κ3) is 3.56. The Bertz CT molecular complexity index is 1120. The zero-order valence-corrected chi connectivity index (χ0v) is 15.9. The zero-order chi connectivity index (χ0) is 19.8. The Morgan fingerprint density at radius 2 is 1.74 bits per heavy atom. The quantitative estimate of drug-likeness (QED) is 0.693. The van der Waals surface area contributed by atoms with Crippen molar-refractivity contribution in [3.63, 3.8) is 0 Å². The molecule has 0 radical (unpaired) electrons. The normalized spacial score (nSPS) is 11.4. The van der Waals surface area contributed by atoms with Gasteiger partial charge in [0, 0.05) is 6.07 Å². The number of esters is 1. The number of benzene rings is 2. The summed E-state index contributed by atoms with van der Waals surface area (Å²) in [6, 6.07) is 12.7. The van der Waals surface area contributed by atoms with Gasteiger partial charge in [0.15, 0.2) is 0 Å². The second-order valence-electron chi connectivity index (χ2n) is 6.21. The highest BCUT2D eigenvalue weighted by Crippen LogP contribution is 2.23. The van der Waals surface area contributed by atoms with Crippen LogP contribution >= 0.6 is 0 Å². The van der Waals surface area contributed by atoms with Gasteiger partial charge < -0.3 is 10.5 Å². The first-order chi connectivity index (χ1) is 12.7. The van der Waals surface area contributed by atoms with Gasteiger partial charge in [0.25, 0.3) is 10.0 Å². The summed E-state index contributed by atoms with van der Waals surface area (Å²) in [6.07, 6.45) is 0. The van der Waals surface area contributed by atoms with Gasteiger partial charge >= 0.3 is 5.97 Å². The number of carbonyl (C=O) groups is 1. The Labute approximate surface area is 157 Å². The Balaban J connectivity index is 1.91. The molecule has 8 heteroatoms. The molecule has 3 aromatic rings. The average molecular weight is 385 g/mol. The molecule has 0 saturated heterocycles. The summed E-state index contributed by atoms with van der Waals surface area (Å²) in [7, 11) is -3.99. The van der Waals surface area contributed by atoms with Crippen molar-refractivity contribution < 1.29 is 17.9 Å². The van der Waals surface area contributed by atoms with Crippen LogP contribution in [0.25, 0.3) is 0 Å². The van der Waals surface area contributed by atoms with E-state index in [1.165, 1.54) is 18.2 Å². The van der Waals surface area contributed by atoms with Gasteiger partial charge in [0.1, 0.15) is 5.82 Å². The molecule has 2 N–H and O–H groups in total. The number of aromatic nitrogens is 2. The number of nitrogen functional groups attached to an aromatic ring is 1. The van der Waals surface area contributed by atoms with E-state index in [1.54, 1.807) is 31.2 Å². The fraction of sp³-hybridized carbons (Fsp3) is 0.158. The third-order valence-electron chi connectivity index (χ3n) is 4.25. The summed E-state index contributed by atoms with van der Waals surface area (Å²) in [5.74, 6) is -0.970.